The van der Waals surface area contributed by atoms with Crippen molar-refractivity contribution in [3.05, 3.63) is 41.0 Å². The van der Waals surface area contributed by atoms with Gasteiger partial charge in [0.25, 0.3) is 0 Å². The van der Waals surface area contributed by atoms with Crippen LogP contribution in [0.1, 0.15) is 42.1 Å². The zero-order valence-corrected chi connectivity index (χ0v) is 12.5. The van der Waals surface area contributed by atoms with E-state index in [2.05, 4.69) is 22.3 Å². The fourth-order valence-electron chi connectivity index (χ4n) is 2.83. The van der Waals surface area contributed by atoms with E-state index in [0.717, 1.165) is 38.0 Å². The SMILES string of the molecule is Cl.NC1(c2noc(Cc3ccc4c(c3)CCO4)n2)CCC1. The molecule has 5 nitrogen and oxygen atoms in total. The molecule has 0 radical (unpaired) electrons. The summed E-state index contributed by atoms with van der Waals surface area (Å²) < 4.78 is 10.8. The molecule has 1 aromatic carbocycles. The summed E-state index contributed by atoms with van der Waals surface area (Å²) in [6.07, 6.45) is 4.66. The second-order valence-corrected chi connectivity index (χ2v) is 5.74. The average molecular weight is 308 g/mol. The quantitative estimate of drug-likeness (QED) is 0.942. The predicted octanol–water partition coefficient (Wildman–Crippen LogP) is 2.36. The molecule has 0 unspecified atom stereocenters. The topological polar surface area (TPSA) is 74.2 Å². The fourth-order valence-corrected chi connectivity index (χ4v) is 2.83. The average Bonchev–Trinajstić information content (AvgIpc) is 3.04. The molecule has 2 N–H and O–H groups in total. The van der Waals surface area contributed by atoms with Crippen molar-refractivity contribution in [2.24, 2.45) is 5.73 Å². The lowest BCUT2D eigenvalue weighted by Crippen LogP contribution is -2.44. The molecule has 1 aromatic heterocycles. The Morgan fingerprint density at radius 1 is 1.29 bits per heavy atom. The Bertz CT molecular complexity index is 652. The largest absolute Gasteiger partial charge is 0.493 e. The number of fused-ring (bicyclic) bond motifs is 1. The lowest BCUT2D eigenvalue weighted by atomic mass is 9.77. The first kappa shape index (κ1) is 14.4. The fraction of sp³-hybridized carbons (Fsp3) is 0.467. The number of rotatable bonds is 3. The minimum absolute atomic E-state index is 0. The van der Waals surface area contributed by atoms with Crippen molar-refractivity contribution in [3.63, 3.8) is 0 Å². The molecule has 0 saturated heterocycles. The van der Waals surface area contributed by atoms with E-state index in [1.807, 2.05) is 6.07 Å². The van der Waals surface area contributed by atoms with Crippen molar-refractivity contribution >= 4 is 12.4 Å². The van der Waals surface area contributed by atoms with E-state index in [1.165, 1.54) is 11.1 Å². The van der Waals surface area contributed by atoms with Crippen LogP contribution in [0.2, 0.25) is 0 Å². The van der Waals surface area contributed by atoms with E-state index in [0.29, 0.717) is 18.1 Å². The number of halogens is 1. The summed E-state index contributed by atoms with van der Waals surface area (Å²) in [6.45, 7) is 0.777. The van der Waals surface area contributed by atoms with Gasteiger partial charge >= 0.3 is 0 Å². The molecule has 112 valence electrons. The standard InChI is InChI=1S/C15H17N3O2.ClH/c16-15(5-1-6-15)14-17-13(20-18-14)9-10-2-3-12-11(8-10)4-7-19-12;/h2-3,8H,1,4-7,9,16H2;1H. The van der Waals surface area contributed by atoms with Crippen LogP contribution in [-0.4, -0.2) is 16.7 Å². The number of benzene rings is 1. The summed E-state index contributed by atoms with van der Waals surface area (Å²) in [5.74, 6) is 2.29. The van der Waals surface area contributed by atoms with E-state index < -0.39 is 0 Å². The predicted molar refractivity (Wildman–Crippen MR) is 79.7 cm³/mol. The minimum atomic E-state index is -0.354. The van der Waals surface area contributed by atoms with Crippen LogP contribution in [0.3, 0.4) is 0 Å². The lowest BCUT2D eigenvalue weighted by Gasteiger charge is -2.34. The molecule has 1 saturated carbocycles. The molecule has 1 fully saturated rings. The van der Waals surface area contributed by atoms with Crippen molar-refractivity contribution in [3.8, 4) is 5.75 Å². The Hall–Kier alpha value is -1.59. The molecule has 0 bridgehead atoms. The van der Waals surface area contributed by atoms with Crippen LogP contribution in [0.5, 0.6) is 5.75 Å². The Balaban J connectivity index is 0.00000132. The Morgan fingerprint density at radius 3 is 2.90 bits per heavy atom. The Labute approximate surface area is 129 Å². The van der Waals surface area contributed by atoms with Gasteiger partial charge in [-0.15, -0.1) is 12.4 Å². The van der Waals surface area contributed by atoms with Gasteiger partial charge in [-0.05, 0) is 36.5 Å². The normalized spacial score (nSPS) is 18.3. The van der Waals surface area contributed by atoms with Gasteiger partial charge in [-0.2, -0.15) is 4.98 Å². The first-order chi connectivity index (χ1) is 9.73. The zero-order valence-electron chi connectivity index (χ0n) is 11.7. The second kappa shape index (κ2) is 5.31. The van der Waals surface area contributed by atoms with E-state index in [1.54, 1.807) is 0 Å². The maximum Gasteiger partial charge on any atom is 0.231 e. The first-order valence-electron chi connectivity index (χ1n) is 7.09. The van der Waals surface area contributed by atoms with Gasteiger partial charge in [-0.25, -0.2) is 0 Å². The molecule has 2 heterocycles. The van der Waals surface area contributed by atoms with Crippen molar-refractivity contribution < 1.29 is 9.26 Å². The maximum absolute atomic E-state index is 6.20. The number of ether oxygens (including phenoxy) is 1. The van der Waals surface area contributed by atoms with Crippen LogP contribution in [0.25, 0.3) is 0 Å². The molecule has 2 aromatic rings. The van der Waals surface area contributed by atoms with Gasteiger partial charge < -0.3 is 15.0 Å². The smallest absolute Gasteiger partial charge is 0.231 e. The first-order valence-corrected chi connectivity index (χ1v) is 7.09. The Kier molecular flexibility index (Phi) is 3.63. The van der Waals surface area contributed by atoms with Gasteiger partial charge in [0.1, 0.15) is 5.75 Å². The third kappa shape index (κ3) is 2.51. The van der Waals surface area contributed by atoms with Gasteiger partial charge in [-0.3, -0.25) is 0 Å². The van der Waals surface area contributed by atoms with Crippen molar-refractivity contribution in [2.75, 3.05) is 6.61 Å². The van der Waals surface area contributed by atoms with Crippen LogP contribution < -0.4 is 10.5 Å². The molecule has 2 aliphatic rings. The van der Waals surface area contributed by atoms with Crippen LogP contribution in [0.15, 0.2) is 22.7 Å². The third-order valence-electron chi connectivity index (χ3n) is 4.27. The van der Waals surface area contributed by atoms with E-state index >= 15 is 0 Å². The van der Waals surface area contributed by atoms with E-state index in [-0.39, 0.29) is 17.9 Å². The van der Waals surface area contributed by atoms with Gasteiger partial charge in [-0.1, -0.05) is 17.3 Å². The third-order valence-corrected chi connectivity index (χ3v) is 4.27. The van der Waals surface area contributed by atoms with Crippen molar-refractivity contribution in [1.29, 1.82) is 0 Å². The van der Waals surface area contributed by atoms with Crippen LogP contribution in [0, 0.1) is 0 Å². The van der Waals surface area contributed by atoms with Gasteiger partial charge in [0.15, 0.2) is 5.82 Å². The van der Waals surface area contributed by atoms with Crippen LogP contribution in [0.4, 0.5) is 0 Å². The molecule has 1 aliphatic carbocycles. The molecule has 4 rings (SSSR count). The maximum atomic E-state index is 6.20. The molecular weight excluding hydrogens is 290 g/mol. The summed E-state index contributed by atoms with van der Waals surface area (Å²) in [6, 6.07) is 6.23. The summed E-state index contributed by atoms with van der Waals surface area (Å²) >= 11 is 0. The molecular formula is C15H18ClN3O2. The van der Waals surface area contributed by atoms with Crippen molar-refractivity contribution in [2.45, 2.75) is 37.6 Å². The zero-order chi connectivity index (χ0) is 13.6. The number of aromatic nitrogens is 2. The monoisotopic (exact) mass is 307 g/mol. The highest BCUT2D eigenvalue weighted by Gasteiger charge is 2.38. The number of hydrogen-bond acceptors (Lipinski definition) is 5. The van der Waals surface area contributed by atoms with Gasteiger partial charge in [0, 0.05) is 6.42 Å². The van der Waals surface area contributed by atoms with Crippen LogP contribution >= 0.6 is 12.4 Å². The number of nitrogens with zero attached hydrogens (tertiary/aromatic N) is 2. The molecule has 21 heavy (non-hydrogen) atoms. The highest BCUT2D eigenvalue weighted by Crippen LogP contribution is 2.37. The highest BCUT2D eigenvalue weighted by molar-refractivity contribution is 5.85. The second-order valence-electron chi connectivity index (χ2n) is 5.74. The molecule has 0 spiro atoms. The minimum Gasteiger partial charge on any atom is -0.493 e. The summed E-state index contributed by atoms with van der Waals surface area (Å²) in [7, 11) is 0. The lowest BCUT2D eigenvalue weighted by molar-refractivity contribution is 0.229. The van der Waals surface area contributed by atoms with Crippen molar-refractivity contribution in [1.82, 2.24) is 10.1 Å². The van der Waals surface area contributed by atoms with E-state index in [4.69, 9.17) is 15.0 Å². The molecule has 6 heteroatoms. The summed E-state index contributed by atoms with van der Waals surface area (Å²) in [5, 5.41) is 4.04. The molecule has 0 atom stereocenters. The highest BCUT2D eigenvalue weighted by atomic mass is 35.5. The van der Waals surface area contributed by atoms with Gasteiger partial charge in [0.2, 0.25) is 5.89 Å². The Morgan fingerprint density at radius 2 is 2.14 bits per heavy atom. The summed E-state index contributed by atoms with van der Waals surface area (Å²) in [5.41, 5.74) is 8.28. The van der Waals surface area contributed by atoms with E-state index in [9.17, 15) is 0 Å². The summed E-state index contributed by atoms with van der Waals surface area (Å²) in [4.78, 5) is 4.46. The van der Waals surface area contributed by atoms with Gasteiger partial charge in [0.05, 0.1) is 18.6 Å². The number of hydrogen-bond donors (Lipinski definition) is 1. The molecule has 0 amide bonds. The van der Waals surface area contributed by atoms with Crippen LogP contribution in [-0.2, 0) is 18.4 Å². The number of nitrogens with two attached hydrogens (primary N) is 1. The molecule has 1 aliphatic heterocycles.